The molecule has 1 aromatic heterocycles. The molecule has 126 valence electrons. The van der Waals surface area contributed by atoms with Crippen molar-refractivity contribution in [3.8, 4) is 0 Å². The van der Waals surface area contributed by atoms with Crippen LogP contribution < -0.4 is 5.32 Å². The number of aryl methyl sites for hydroxylation is 1. The van der Waals surface area contributed by atoms with E-state index < -0.39 is 6.04 Å². The summed E-state index contributed by atoms with van der Waals surface area (Å²) in [5, 5.41) is 5.64. The number of morpholine rings is 1. The second-order valence-electron chi connectivity index (χ2n) is 5.64. The summed E-state index contributed by atoms with van der Waals surface area (Å²) in [7, 11) is 0. The highest BCUT2D eigenvalue weighted by atomic mass is 32.1. The lowest BCUT2D eigenvalue weighted by atomic mass is 10.1. The predicted molar refractivity (Wildman–Crippen MR) is 90.3 cm³/mol. The van der Waals surface area contributed by atoms with Gasteiger partial charge in [-0.25, -0.2) is 4.98 Å². The molecule has 1 fully saturated rings. The lowest BCUT2D eigenvalue weighted by Crippen LogP contribution is -2.55. The smallest absolute Gasteiger partial charge is 0.249 e. The summed E-state index contributed by atoms with van der Waals surface area (Å²) in [6.45, 7) is 2.90. The molecule has 1 atom stereocenters. The normalized spacial score (nSPS) is 17.8. The van der Waals surface area contributed by atoms with Crippen LogP contribution in [0.4, 0.5) is 0 Å². The van der Waals surface area contributed by atoms with E-state index in [-0.39, 0.29) is 25.0 Å². The van der Waals surface area contributed by atoms with Gasteiger partial charge in [0.1, 0.15) is 17.7 Å². The number of nitrogens with zero attached hydrogens (tertiary/aromatic N) is 2. The topological polar surface area (TPSA) is 71.5 Å². The Balaban J connectivity index is 1.66. The standard InChI is InChI=1S/C17H19N3O3S/c1-12-11-24-15(19-12)7-18-17(22)14-9-23-10-16(21)20(14)8-13-5-3-2-4-6-13/h2-6,11,14H,7-10H2,1H3,(H,18,22)/t14-/m1/s1. The van der Waals surface area contributed by atoms with Crippen molar-refractivity contribution in [2.24, 2.45) is 0 Å². The molecule has 2 aromatic rings. The van der Waals surface area contributed by atoms with Crippen LogP contribution in [-0.4, -0.2) is 41.0 Å². The third kappa shape index (κ3) is 3.98. The molecule has 0 radical (unpaired) electrons. The van der Waals surface area contributed by atoms with Crippen LogP contribution in [0.5, 0.6) is 0 Å². The Morgan fingerprint density at radius 2 is 2.21 bits per heavy atom. The second kappa shape index (κ2) is 7.55. The van der Waals surface area contributed by atoms with Crippen LogP contribution in [-0.2, 0) is 27.4 Å². The molecule has 1 N–H and O–H groups in total. The molecule has 1 aliphatic rings. The van der Waals surface area contributed by atoms with Crippen molar-refractivity contribution in [1.29, 1.82) is 0 Å². The predicted octanol–water partition coefficient (Wildman–Crippen LogP) is 1.50. The number of benzene rings is 1. The van der Waals surface area contributed by atoms with Crippen LogP contribution in [0.15, 0.2) is 35.7 Å². The van der Waals surface area contributed by atoms with Gasteiger partial charge in [0.25, 0.3) is 0 Å². The van der Waals surface area contributed by atoms with Gasteiger partial charge < -0.3 is 15.0 Å². The monoisotopic (exact) mass is 345 g/mol. The molecule has 1 saturated heterocycles. The molecule has 24 heavy (non-hydrogen) atoms. The zero-order chi connectivity index (χ0) is 16.9. The van der Waals surface area contributed by atoms with Crippen molar-refractivity contribution in [2.75, 3.05) is 13.2 Å². The van der Waals surface area contributed by atoms with Gasteiger partial charge in [-0.15, -0.1) is 11.3 Å². The van der Waals surface area contributed by atoms with E-state index in [1.807, 2.05) is 42.6 Å². The molecule has 6 nitrogen and oxygen atoms in total. The van der Waals surface area contributed by atoms with Crippen molar-refractivity contribution in [1.82, 2.24) is 15.2 Å². The minimum absolute atomic E-state index is 0.0162. The van der Waals surface area contributed by atoms with E-state index in [1.54, 1.807) is 4.90 Å². The minimum atomic E-state index is -0.618. The van der Waals surface area contributed by atoms with Crippen molar-refractivity contribution < 1.29 is 14.3 Å². The van der Waals surface area contributed by atoms with Crippen LogP contribution in [0.2, 0.25) is 0 Å². The van der Waals surface area contributed by atoms with Crippen LogP contribution in [0, 0.1) is 6.92 Å². The maximum absolute atomic E-state index is 12.5. The number of amides is 2. The number of aromatic nitrogens is 1. The highest BCUT2D eigenvalue weighted by molar-refractivity contribution is 7.09. The van der Waals surface area contributed by atoms with Gasteiger partial charge in [0.2, 0.25) is 11.8 Å². The van der Waals surface area contributed by atoms with Gasteiger partial charge in [0.05, 0.1) is 13.2 Å². The molecule has 0 spiro atoms. The number of nitrogens with one attached hydrogen (secondary N) is 1. The Morgan fingerprint density at radius 3 is 2.92 bits per heavy atom. The molecular formula is C17H19N3O3S. The number of hydrogen-bond acceptors (Lipinski definition) is 5. The number of carbonyl (C=O) groups excluding carboxylic acids is 2. The van der Waals surface area contributed by atoms with Gasteiger partial charge in [0, 0.05) is 17.6 Å². The maximum Gasteiger partial charge on any atom is 0.249 e. The lowest BCUT2D eigenvalue weighted by Gasteiger charge is -2.34. The molecule has 2 amide bonds. The summed E-state index contributed by atoms with van der Waals surface area (Å²) in [4.78, 5) is 30.6. The summed E-state index contributed by atoms with van der Waals surface area (Å²) in [5.41, 5.74) is 1.92. The molecule has 0 bridgehead atoms. The molecule has 3 rings (SSSR count). The molecule has 7 heteroatoms. The van der Waals surface area contributed by atoms with E-state index in [9.17, 15) is 9.59 Å². The van der Waals surface area contributed by atoms with Crippen LogP contribution in [0.1, 0.15) is 16.3 Å². The van der Waals surface area contributed by atoms with Crippen molar-refractivity contribution in [2.45, 2.75) is 26.1 Å². The lowest BCUT2D eigenvalue weighted by molar-refractivity contribution is -0.155. The number of carbonyl (C=O) groups is 2. The molecule has 0 saturated carbocycles. The summed E-state index contributed by atoms with van der Waals surface area (Å²) in [6, 6.07) is 9.02. The maximum atomic E-state index is 12.5. The van der Waals surface area contributed by atoms with Gasteiger partial charge in [0.15, 0.2) is 0 Å². The van der Waals surface area contributed by atoms with Gasteiger partial charge >= 0.3 is 0 Å². The number of thiazole rings is 1. The molecule has 0 unspecified atom stereocenters. The SMILES string of the molecule is Cc1csc(CNC(=O)[C@H]2COCC(=O)N2Cc2ccccc2)n1. The fraction of sp³-hybridized carbons (Fsp3) is 0.353. The average molecular weight is 345 g/mol. The van der Waals surface area contributed by atoms with E-state index in [0.29, 0.717) is 13.1 Å². The second-order valence-corrected chi connectivity index (χ2v) is 6.58. The van der Waals surface area contributed by atoms with Crippen LogP contribution >= 0.6 is 11.3 Å². The molecule has 1 aromatic carbocycles. The molecule has 2 heterocycles. The highest BCUT2D eigenvalue weighted by Crippen LogP contribution is 2.14. The Kier molecular flexibility index (Phi) is 5.22. The van der Waals surface area contributed by atoms with E-state index in [4.69, 9.17) is 4.74 Å². The minimum Gasteiger partial charge on any atom is -0.369 e. The number of rotatable bonds is 5. The van der Waals surface area contributed by atoms with E-state index in [2.05, 4.69) is 10.3 Å². The highest BCUT2D eigenvalue weighted by Gasteiger charge is 2.33. The summed E-state index contributed by atoms with van der Waals surface area (Å²) < 4.78 is 5.27. The Bertz CT molecular complexity index is 717. The van der Waals surface area contributed by atoms with Crippen LogP contribution in [0.3, 0.4) is 0 Å². The Morgan fingerprint density at radius 1 is 1.42 bits per heavy atom. The summed E-state index contributed by atoms with van der Waals surface area (Å²) in [5.74, 6) is -0.387. The summed E-state index contributed by atoms with van der Waals surface area (Å²) >= 11 is 1.50. The third-order valence-electron chi connectivity index (χ3n) is 3.78. The van der Waals surface area contributed by atoms with Crippen LogP contribution in [0.25, 0.3) is 0 Å². The average Bonchev–Trinajstić information content (AvgIpc) is 3.01. The first-order valence-corrected chi connectivity index (χ1v) is 8.61. The zero-order valence-electron chi connectivity index (χ0n) is 13.4. The number of hydrogen-bond donors (Lipinski definition) is 1. The van der Waals surface area contributed by atoms with Gasteiger partial charge in [-0.3, -0.25) is 9.59 Å². The zero-order valence-corrected chi connectivity index (χ0v) is 14.2. The van der Waals surface area contributed by atoms with E-state index in [1.165, 1.54) is 11.3 Å². The molecule has 1 aliphatic heterocycles. The Hall–Kier alpha value is -2.25. The van der Waals surface area contributed by atoms with Crippen molar-refractivity contribution in [3.05, 3.63) is 52.0 Å². The fourth-order valence-electron chi connectivity index (χ4n) is 2.56. The fourth-order valence-corrected chi connectivity index (χ4v) is 3.28. The molecular weight excluding hydrogens is 326 g/mol. The van der Waals surface area contributed by atoms with Crippen molar-refractivity contribution in [3.63, 3.8) is 0 Å². The van der Waals surface area contributed by atoms with E-state index in [0.717, 1.165) is 16.3 Å². The van der Waals surface area contributed by atoms with Gasteiger partial charge in [-0.2, -0.15) is 0 Å². The number of ether oxygens (including phenoxy) is 1. The van der Waals surface area contributed by atoms with Crippen molar-refractivity contribution >= 4 is 23.2 Å². The molecule has 0 aliphatic carbocycles. The first kappa shape index (κ1) is 16.6. The summed E-state index contributed by atoms with van der Waals surface area (Å²) in [6.07, 6.45) is 0. The largest absolute Gasteiger partial charge is 0.369 e. The first-order chi connectivity index (χ1) is 11.6. The Labute approximate surface area is 144 Å². The first-order valence-electron chi connectivity index (χ1n) is 7.73. The van der Waals surface area contributed by atoms with Gasteiger partial charge in [-0.1, -0.05) is 30.3 Å². The van der Waals surface area contributed by atoms with E-state index >= 15 is 0 Å². The van der Waals surface area contributed by atoms with Gasteiger partial charge in [-0.05, 0) is 12.5 Å². The third-order valence-corrected chi connectivity index (χ3v) is 4.74. The quantitative estimate of drug-likeness (QED) is 0.891.